The summed E-state index contributed by atoms with van der Waals surface area (Å²) in [6, 6.07) is 3.84. The molecular formula is C16H18N2O4S. The van der Waals surface area contributed by atoms with Gasteiger partial charge < -0.3 is 14.4 Å². The smallest absolute Gasteiger partial charge is 0.306 e. The maximum absolute atomic E-state index is 12.4. The highest BCUT2D eigenvalue weighted by atomic mass is 32.1. The predicted molar refractivity (Wildman–Crippen MR) is 85.0 cm³/mol. The van der Waals surface area contributed by atoms with E-state index in [1.165, 1.54) is 17.6 Å². The van der Waals surface area contributed by atoms with Gasteiger partial charge in [-0.1, -0.05) is 13.0 Å². The lowest BCUT2D eigenvalue weighted by Gasteiger charge is -2.34. The third kappa shape index (κ3) is 3.44. The van der Waals surface area contributed by atoms with E-state index >= 15 is 0 Å². The summed E-state index contributed by atoms with van der Waals surface area (Å²) in [7, 11) is 0. The lowest BCUT2D eigenvalue weighted by atomic mass is 9.87. The summed E-state index contributed by atoms with van der Waals surface area (Å²) in [5.74, 6) is -0.685. The van der Waals surface area contributed by atoms with Crippen LogP contribution in [-0.2, 0) is 16.0 Å². The molecule has 2 aromatic heterocycles. The molecule has 23 heavy (non-hydrogen) atoms. The third-order valence-electron chi connectivity index (χ3n) is 4.19. The van der Waals surface area contributed by atoms with Gasteiger partial charge in [-0.3, -0.25) is 9.59 Å². The molecule has 0 radical (unpaired) electrons. The fourth-order valence-corrected chi connectivity index (χ4v) is 3.56. The summed E-state index contributed by atoms with van der Waals surface area (Å²) in [6.45, 7) is 2.84. The SMILES string of the molecule is CC1CN(C(=O)Cc2coc(-c3cccs3)n2)CCC1C(=O)O. The molecule has 0 aromatic carbocycles. The molecule has 2 unspecified atom stereocenters. The van der Waals surface area contributed by atoms with Gasteiger partial charge in [-0.05, 0) is 23.8 Å². The summed E-state index contributed by atoms with van der Waals surface area (Å²) in [6.07, 6.45) is 2.20. The van der Waals surface area contributed by atoms with Crippen molar-refractivity contribution in [2.24, 2.45) is 11.8 Å². The van der Waals surface area contributed by atoms with Crippen molar-refractivity contribution in [3.05, 3.63) is 29.5 Å². The number of amides is 1. The number of likely N-dealkylation sites (tertiary alicyclic amines) is 1. The van der Waals surface area contributed by atoms with Crippen molar-refractivity contribution in [1.29, 1.82) is 0 Å². The minimum absolute atomic E-state index is 0.0354. The zero-order valence-corrected chi connectivity index (χ0v) is 13.6. The molecule has 2 aromatic rings. The minimum Gasteiger partial charge on any atom is -0.481 e. The molecular weight excluding hydrogens is 316 g/mol. The van der Waals surface area contributed by atoms with Crippen LogP contribution in [0.25, 0.3) is 10.8 Å². The first-order chi connectivity index (χ1) is 11.0. The largest absolute Gasteiger partial charge is 0.481 e. The van der Waals surface area contributed by atoms with Crippen molar-refractivity contribution >= 4 is 23.2 Å². The van der Waals surface area contributed by atoms with Crippen LogP contribution >= 0.6 is 11.3 Å². The molecule has 1 aliphatic heterocycles. The Balaban J connectivity index is 1.61. The van der Waals surface area contributed by atoms with Crippen LogP contribution in [0.3, 0.4) is 0 Å². The number of aromatic nitrogens is 1. The van der Waals surface area contributed by atoms with Crippen molar-refractivity contribution < 1.29 is 19.1 Å². The Morgan fingerprint density at radius 3 is 3.00 bits per heavy atom. The van der Waals surface area contributed by atoms with Gasteiger partial charge in [-0.15, -0.1) is 11.3 Å². The van der Waals surface area contributed by atoms with E-state index in [2.05, 4.69) is 4.98 Å². The van der Waals surface area contributed by atoms with Crippen molar-refractivity contribution in [1.82, 2.24) is 9.88 Å². The van der Waals surface area contributed by atoms with Gasteiger partial charge in [0.15, 0.2) is 0 Å². The number of carboxylic acids is 1. The number of hydrogen-bond donors (Lipinski definition) is 1. The van der Waals surface area contributed by atoms with Gasteiger partial charge in [0.25, 0.3) is 0 Å². The number of carbonyl (C=O) groups is 2. The fraction of sp³-hybridized carbons (Fsp3) is 0.438. The first-order valence-corrected chi connectivity index (χ1v) is 8.41. The van der Waals surface area contributed by atoms with Gasteiger partial charge in [-0.2, -0.15) is 0 Å². The highest BCUT2D eigenvalue weighted by Crippen LogP contribution is 2.25. The average Bonchev–Trinajstić information content (AvgIpc) is 3.17. The Labute approximate surface area is 137 Å². The molecule has 0 saturated carbocycles. The van der Waals surface area contributed by atoms with E-state index in [-0.39, 0.29) is 24.2 Å². The molecule has 0 spiro atoms. The van der Waals surface area contributed by atoms with Crippen LogP contribution in [-0.4, -0.2) is 40.0 Å². The van der Waals surface area contributed by atoms with Gasteiger partial charge in [0, 0.05) is 13.1 Å². The van der Waals surface area contributed by atoms with Crippen LogP contribution in [0.2, 0.25) is 0 Å². The topological polar surface area (TPSA) is 83.6 Å². The van der Waals surface area contributed by atoms with Crippen LogP contribution in [0, 0.1) is 11.8 Å². The molecule has 1 aliphatic rings. The second kappa shape index (κ2) is 6.54. The van der Waals surface area contributed by atoms with E-state index in [1.54, 1.807) is 4.90 Å². The van der Waals surface area contributed by atoms with E-state index in [0.717, 1.165) is 4.88 Å². The van der Waals surface area contributed by atoms with Crippen molar-refractivity contribution in [3.8, 4) is 10.8 Å². The van der Waals surface area contributed by atoms with Gasteiger partial charge in [0.05, 0.1) is 22.9 Å². The normalized spacial score (nSPS) is 21.3. The summed E-state index contributed by atoms with van der Waals surface area (Å²) in [5, 5.41) is 11.1. The highest BCUT2D eigenvalue weighted by molar-refractivity contribution is 7.13. The number of oxazole rings is 1. The number of aliphatic carboxylic acids is 1. The van der Waals surface area contributed by atoms with Gasteiger partial charge in [-0.25, -0.2) is 4.98 Å². The van der Waals surface area contributed by atoms with E-state index in [9.17, 15) is 9.59 Å². The average molecular weight is 334 g/mol. The number of hydrogen-bond acceptors (Lipinski definition) is 5. The molecule has 1 fully saturated rings. The van der Waals surface area contributed by atoms with Crippen LogP contribution in [0.15, 0.2) is 28.2 Å². The zero-order chi connectivity index (χ0) is 16.4. The molecule has 3 rings (SSSR count). The summed E-state index contributed by atoms with van der Waals surface area (Å²) < 4.78 is 5.42. The Hall–Kier alpha value is -2.15. The van der Waals surface area contributed by atoms with Crippen molar-refractivity contribution in [2.45, 2.75) is 19.8 Å². The monoisotopic (exact) mass is 334 g/mol. The maximum Gasteiger partial charge on any atom is 0.306 e. The zero-order valence-electron chi connectivity index (χ0n) is 12.8. The molecule has 7 heteroatoms. The van der Waals surface area contributed by atoms with Crippen LogP contribution in [0.1, 0.15) is 19.0 Å². The quantitative estimate of drug-likeness (QED) is 0.929. The summed E-state index contributed by atoms with van der Waals surface area (Å²) >= 11 is 1.53. The van der Waals surface area contributed by atoms with E-state index in [0.29, 0.717) is 31.1 Å². The number of thiophene rings is 1. The number of nitrogens with zero attached hydrogens (tertiary/aromatic N) is 2. The molecule has 1 amide bonds. The number of piperidine rings is 1. The standard InChI is InChI=1S/C16H18N2O4S/c1-10-8-18(5-4-12(10)16(20)21)14(19)7-11-9-22-15(17-11)13-3-2-6-23-13/h2-3,6,9-10,12H,4-5,7-8H2,1H3,(H,20,21). The molecule has 6 nitrogen and oxygen atoms in total. The highest BCUT2D eigenvalue weighted by Gasteiger charge is 2.33. The summed E-state index contributed by atoms with van der Waals surface area (Å²) in [4.78, 5) is 30.5. The lowest BCUT2D eigenvalue weighted by Crippen LogP contribution is -2.45. The van der Waals surface area contributed by atoms with Crippen LogP contribution in [0.5, 0.6) is 0 Å². The number of rotatable bonds is 4. The molecule has 0 bridgehead atoms. The van der Waals surface area contributed by atoms with Crippen LogP contribution < -0.4 is 0 Å². The van der Waals surface area contributed by atoms with E-state index in [4.69, 9.17) is 9.52 Å². The minimum atomic E-state index is -0.776. The maximum atomic E-state index is 12.4. The van der Waals surface area contributed by atoms with Gasteiger partial charge >= 0.3 is 5.97 Å². The summed E-state index contributed by atoms with van der Waals surface area (Å²) in [5.41, 5.74) is 0.603. The Morgan fingerprint density at radius 2 is 2.35 bits per heavy atom. The Kier molecular flexibility index (Phi) is 4.47. The van der Waals surface area contributed by atoms with Crippen molar-refractivity contribution in [2.75, 3.05) is 13.1 Å². The predicted octanol–water partition coefficient (Wildman–Crippen LogP) is 2.51. The molecule has 3 heterocycles. The van der Waals surface area contributed by atoms with Crippen LogP contribution in [0.4, 0.5) is 0 Å². The Morgan fingerprint density at radius 1 is 1.52 bits per heavy atom. The molecule has 1 N–H and O–H groups in total. The molecule has 122 valence electrons. The second-order valence-electron chi connectivity index (χ2n) is 5.85. The first-order valence-electron chi connectivity index (χ1n) is 7.53. The molecule has 0 aliphatic carbocycles. The van der Waals surface area contributed by atoms with Crippen molar-refractivity contribution in [3.63, 3.8) is 0 Å². The van der Waals surface area contributed by atoms with E-state index in [1.807, 2.05) is 24.4 Å². The second-order valence-corrected chi connectivity index (χ2v) is 6.80. The van der Waals surface area contributed by atoms with Gasteiger partial charge in [0.1, 0.15) is 6.26 Å². The fourth-order valence-electron chi connectivity index (χ4n) is 2.91. The third-order valence-corrected chi connectivity index (χ3v) is 5.05. The number of carbonyl (C=O) groups excluding carboxylic acids is 1. The number of carboxylic acid groups (broad SMARTS) is 1. The lowest BCUT2D eigenvalue weighted by molar-refractivity contribution is -0.148. The molecule has 2 atom stereocenters. The first kappa shape index (κ1) is 15.7. The van der Waals surface area contributed by atoms with Gasteiger partial charge in [0.2, 0.25) is 11.8 Å². The Bertz CT molecular complexity index is 695. The molecule has 1 saturated heterocycles. The van der Waals surface area contributed by atoms with E-state index < -0.39 is 5.97 Å².